The summed E-state index contributed by atoms with van der Waals surface area (Å²) in [5.41, 5.74) is 2.09. The first-order chi connectivity index (χ1) is 11.5. The third kappa shape index (κ3) is 3.50. The van der Waals surface area contributed by atoms with Crippen LogP contribution in [0.5, 0.6) is 5.75 Å². The number of benzene rings is 2. The van der Waals surface area contributed by atoms with Gasteiger partial charge in [-0.05, 0) is 48.4 Å². The van der Waals surface area contributed by atoms with Crippen LogP contribution in [0, 0.1) is 0 Å². The van der Waals surface area contributed by atoms with E-state index in [1.165, 1.54) is 19.2 Å². The molecule has 8 heteroatoms. The lowest BCUT2D eigenvalue weighted by Crippen LogP contribution is -2.25. The largest absolute Gasteiger partial charge is 0.497 e. The summed E-state index contributed by atoms with van der Waals surface area (Å²) in [5, 5.41) is 0. The van der Waals surface area contributed by atoms with E-state index in [-0.39, 0.29) is 17.1 Å². The summed E-state index contributed by atoms with van der Waals surface area (Å²) < 4.78 is 32.0. The fraction of sp³-hybridized carbons (Fsp3) is 0.188. The van der Waals surface area contributed by atoms with Crippen molar-refractivity contribution in [2.45, 2.75) is 11.3 Å². The third-order valence-electron chi connectivity index (χ3n) is 3.66. The molecule has 2 aromatic carbocycles. The Hall–Kier alpha value is -2.58. The lowest BCUT2D eigenvalue weighted by atomic mass is 10.1. The first-order valence-corrected chi connectivity index (χ1v) is 8.81. The van der Waals surface area contributed by atoms with E-state index in [2.05, 4.69) is 14.7 Å². The highest BCUT2D eigenvalue weighted by atomic mass is 32.2. The van der Waals surface area contributed by atoms with Gasteiger partial charge in [-0.2, -0.15) is 0 Å². The van der Waals surface area contributed by atoms with Crippen LogP contribution in [0.1, 0.15) is 5.56 Å². The van der Waals surface area contributed by atoms with Crippen molar-refractivity contribution < 1.29 is 13.2 Å². The van der Waals surface area contributed by atoms with Gasteiger partial charge in [0, 0.05) is 6.54 Å². The second kappa shape index (κ2) is 6.50. The van der Waals surface area contributed by atoms with E-state index in [0.717, 1.165) is 11.1 Å². The number of fused-ring (bicyclic) bond motifs is 1. The monoisotopic (exact) mass is 347 g/mol. The van der Waals surface area contributed by atoms with Gasteiger partial charge >= 0.3 is 5.69 Å². The Morgan fingerprint density at radius 2 is 1.75 bits per heavy atom. The second-order valence-electron chi connectivity index (χ2n) is 5.28. The zero-order valence-electron chi connectivity index (χ0n) is 13.0. The zero-order chi connectivity index (χ0) is 17.2. The number of hydrogen-bond donors (Lipinski definition) is 3. The minimum atomic E-state index is -3.56. The Bertz CT molecular complexity index is 1000. The minimum absolute atomic E-state index is 0.189. The average molecular weight is 347 g/mol. The summed E-state index contributed by atoms with van der Waals surface area (Å²) in [7, 11) is -2.04. The van der Waals surface area contributed by atoms with Gasteiger partial charge in [0.1, 0.15) is 5.75 Å². The maximum Gasteiger partial charge on any atom is 0.323 e. The molecular weight excluding hydrogens is 330 g/mol. The highest BCUT2D eigenvalue weighted by Gasteiger charge is 2.13. The average Bonchev–Trinajstić information content (AvgIpc) is 2.94. The number of rotatable bonds is 6. The second-order valence-corrected chi connectivity index (χ2v) is 7.05. The van der Waals surface area contributed by atoms with Gasteiger partial charge in [0.05, 0.1) is 23.0 Å². The predicted octanol–water partition coefficient (Wildman–Crippen LogP) is 1.39. The van der Waals surface area contributed by atoms with E-state index in [1.807, 2.05) is 12.1 Å². The molecule has 0 radical (unpaired) electrons. The zero-order valence-corrected chi connectivity index (χ0v) is 13.8. The van der Waals surface area contributed by atoms with Gasteiger partial charge in [-0.25, -0.2) is 17.9 Å². The summed E-state index contributed by atoms with van der Waals surface area (Å²) in [5.74, 6) is 0.600. The minimum Gasteiger partial charge on any atom is -0.497 e. The molecule has 0 aliphatic carbocycles. The Labute approximate surface area is 138 Å². The molecule has 0 aliphatic heterocycles. The Balaban J connectivity index is 1.66. The van der Waals surface area contributed by atoms with Gasteiger partial charge in [-0.1, -0.05) is 6.07 Å². The fourth-order valence-electron chi connectivity index (χ4n) is 2.40. The van der Waals surface area contributed by atoms with Crippen LogP contribution in [0.4, 0.5) is 0 Å². The van der Waals surface area contributed by atoms with Crippen molar-refractivity contribution in [3.05, 3.63) is 58.5 Å². The number of hydrogen-bond acceptors (Lipinski definition) is 4. The molecule has 24 heavy (non-hydrogen) atoms. The van der Waals surface area contributed by atoms with Gasteiger partial charge in [0.2, 0.25) is 10.0 Å². The first kappa shape index (κ1) is 16.3. The smallest absolute Gasteiger partial charge is 0.323 e. The maximum atomic E-state index is 12.2. The van der Waals surface area contributed by atoms with Gasteiger partial charge in [-0.15, -0.1) is 0 Å². The van der Waals surface area contributed by atoms with Crippen LogP contribution in [-0.2, 0) is 16.4 Å². The van der Waals surface area contributed by atoms with Gasteiger partial charge in [0.25, 0.3) is 0 Å². The topological polar surface area (TPSA) is 104 Å². The standard InChI is InChI=1S/C16H17N3O4S/c1-23-12-3-5-13(6-4-12)24(21,22)17-9-8-11-2-7-14-15(10-11)19-16(20)18-14/h2-7,10,17H,8-9H2,1H3,(H2,18,19,20). The number of imidazole rings is 1. The number of sulfonamides is 1. The molecule has 7 nitrogen and oxygen atoms in total. The van der Waals surface area contributed by atoms with Crippen molar-refractivity contribution in [3.63, 3.8) is 0 Å². The number of nitrogens with one attached hydrogen (secondary N) is 3. The summed E-state index contributed by atoms with van der Waals surface area (Å²) in [6, 6.07) is 11.7. The van der Waals surface area contributed by atoms with E-state index in [9.17, 15) is 13.2 Å². The first-order valence-electron chi connectivity index (χ1n) is 7.32. The summed E-state index contributed by atoms with van der Waals surface area (Å²) in [6.07, 6.45) is 0.512. The lowest BCUT2D eigenvalue weighted by Gasteiger charge is -2.08. The number of H-pyrrole nitrogens is 2. The molecule has 1 aromatic heterocycles. The summed E-state index contributed by atoms with van der Waals surface area (Å²) in [4.78, 5) is 16.8. The molecule has 3 N–H and O–H groups in total. The Kier molecular flexibility index (Phi) is 4.41. The number of aromatic amines is 2. The fourth-order valence-corrected chi connectivity index (χ4v) is 3.43. The van der Waals surface area contributed by atoms with E-state index >= 15 is 0 Å². The molecule has 0 unspecified atom stereocenters. The van der Waals surface area contributed by atoms with Crippen molar-refractivity contribution in [2.75, 3.05) is 13.7 Å². The van der Waals surface area contributed by atoms with Crippen LogP contribution in [-0.4, -0.2) is 32.0 Å². The van der Waals surface area contributed by atoms with E-state index in [1.54, 1.807) is 18.2 Å². The summed E-state index contributed by atoms with van der Waals surface area (Å²) >= 11 is 0. The molecule has 3 rings (SSSR count). The van der Waals surface area contributed by atoms with Gasteiger partial charge in [0.15, 0.2) is 0 Å². The van der Waals surface area contributed by atoms with Crippen LogP contribution in [0.3, 0.4) is 0 Å². The molecule has 0 aliphatic rings. The molecule has 1 heterocycles. The lowest BCUT2D eigenvalue weighted by molar-refractivity contribution is 0.414. The maximum absolute atomic E-state index is 12.2. The van der Waals surface area contributed by atoms with E-state index < -0.39 is 10.0 Å². The molecule has 126 valence electrons. The van der Waals surface area contributed by atoms with Crippen molar-refractivity contribution >= 4 is 21.1 Å². The normalized spacial score (nSPS) is 11.7. The molecule has 0 spiro atoms. The summed E-state index contributed by atoms with van der Waals surface area (Å²) in [6.45, 7) is 0.258. The highest BCUT2D eigenvalue weighted by Crippen LogP contribution is 2.15. The Morgan fingerprint density at radius 3 is 2.46 bits per heavy atom. The highest BCUT2D eigenvalue weighted by molar-refractivity contribution is 7.89. The quantitative estimate of drug-likeness (QED) is 0.627. The van der Waals surface area contributed by atoms with Crippen molar-refractivity contribution in [1.29, 1.82) is 0 Å². The van der Waals surface area contributed by atoms with Crippen molar-refractivity contribution in [1.82, 2.24) is 14.7 Å². The Morgan fingerprint density at radius 1 is 1.04 bits per heavy atom. The molecular formula is C16H17N3O4S. The van der Waals surface area contributed by atoms with E-state index in [0.29, 0.717) is 17.7 Å². The molecule has 0 amide bonds. The van der Waals surface area contributed by atoms with Crippen LogP contribution in [0.25, 0.3) is 11.0 Å². The van der Waals surface area contributed by atoms with Crippen LogP contribution >= 0.6 is 0 Å². The van der Waals surface area contributed by atoms with E-state index in [4.69, 9.17) is 4.74 Å². The predicted molar refractivity (Wildman–Crippen MR) is 90.8 cm³/mol. The van der Waals surface area contributed by atoms with Gasteiger partial charge in [-0.3, -0.25) is 0 Å². The molecule has 0 atom stereocenters. The SMILES string of the molecule is COc1ccc(S(=O)(=O)NCCc2ccc3[nH]c(=O)[nH]c3c2)cc1. The third-order valence-corrected chi connectivity index (χ3v) is 5.13. The molecule has 0 saturated heterocycles. The molecule has 0 fully saturated rings. The molecule has 3 aromatic rings. The van der Waals surface area contributed by atoms with Crippen LogP contribution < -0.4 is 15.1 Å². The van der Waals surface area contributed by atoms with Crippen molar-refractivity contribution in [2.24, 2.45) is 0 Å². The number of aromatic nitrogens is 2. The van der Waals surface area contributed by atoms with Crippen LogP contribution in [0.15, 0.2) is 52.2 Å². The number of ether oxygens (including phenoxy) is 1. The number of methoxy groups -OCH3 is 1. The van der Waals surface area contributed by atoms with Gasteiger partial charge < -0.3 is 14.7 Å². The van der Waals surface area contributed by atoms with Crippen molar-refractivity contribution in [3.8, 4) is 5.75 Å². The molecule has 0 bridgehead atoms. The molecule has 0 saturated carbocycles. The van der Waals surface area contributed by atoms with Crippen LogP contribution in [0.2, 0.25) is 0 Å².